The van der Waals surface area contributed by atoms with Crippen molar-refractivity contribution in [3.05, 3.63) is 22.3 Å². The number of nitrogens with zero attached hydrogens (tertiary/aromatic N) is 1. The second-order valence-electron chi connectivity index (χ2n) is 3.28. The van der Waals surface area contributed by atoms with E-state index in [0.29, 0.717) is 15.9 Å². The largest absolute Gasteiger partial charge is 0.309 e. The van der Waals surface area contributed by atoms with E-state index in [9.17, 15) is 4.79 Å². The van der Waals surface area contributed by atoms with E-state index < -0.39 is 0 Å². The summed E-state index contributed by atoms with van der Waals surface area (Å²) in [6, 6.07) is 1.54. The van der Waals surface area contributed by atoms with Crippen molar-refractivity contribution in [3.8, 4) is 0 Å². The number of anilines is 1. The number of nitrogens with one attached hydrogen (secondary N) is 1. The lowest BCUT2D eigenvalue weighted by Crippen LogP contribution is -2.20. The molecule has 0 saturated carbocycles. The molecule has 1 rings (SSSR count). The lowest BCUT2D eigenvalue weighted by Gasteiger charge is -2.10. The highest BCUT2D eigenvalue weighted by molar-refractivity contribution is 6.36. The fourth-order valence-electron chi connectivity index (χ4n) is 0.932. The highest BCUT2D eigenvalue weighted by Gasteiger charge is 2.12. The van der Waals surface area contributed by atoms with Gasteiger partial charge in [0.15, 0.2) is 5.82 Å². The Hall–Kier alpha value is -0.800. The van der Waals surface area contributed by atoms with Gasteiger partial charge in [-0.25, -0.2) is 4.98 Å². The number of hydrogen-bond acceptors (Lipinski definition) is 2. The molecule has 0 unspecified atom stereocenters. The van der Waals surface area contributed by atoms with Gasteiger partial charge in [0.1, 0.15) is 0 Å². The van der Waals surface area contributed by atoms with Gasteiger partial charge in [-0.15, -0.1) is 0 Å². The Labute approximate surface area is 98.8 Å². The van der Waals surface area contributed by atoms with E-state index in [1.165, 1.54) is 6.20 Å². The van der Waals surface area contributed by atoms with Crippen LogP contribution < -0.4 is 5.32 Å². The summed E-state index contributed by atoms with van der Waals surface area (Å²) in [7, 11) is 0. The molecule has 3 nitrogen and oxygen atoms in total. The first-order valence-corrected chi connectivity index (χ1v) is 5.42. The van der Waals surface area contributed by atoms with Gasteiger partial charge in [-0.1, -0.05) is 37.0 Å². The molecule has 0 aliphatic heterocycles. The SMILES string of the molecule is CC[C@@H](C)C(=O)Nc1ncc(Cl)cc1Cl. The second-order valence-corrected chi connectivity index (χ2v) is 4.13. The number of hydrogen-bond donors (Lipinski definition) is 1. The van der Waals surface area contributed by atoms with Crippen molar-refractivity contribution in [2.75, 3.05) is 5.32 Å². The molecule has 1 atom stereocenters. The zero-order chi connectivity index (χ0) is 11.4. The molecule has 1 amide bonds. The lowest BCUT2D eigenvalue weighted by atomic mass is 10.1. The minimum atomic E-state index is -0.0887. The molecule has 1 N–H and O–H groups in total. The number of halogens is 2. The number of amides is 1. The molecule has 0 bridgehead atoms. The van der Waals surface area contributed by atoms with Gasteiger partial charge in [-0.3, -0.25) is 4.79 Å². The maximum atomic E-state index is 11.5. The Bertz CT molecular complexity index is 368. The summed E-state index contributed by atoms with van der Waals surface area (Å²) < 4.78 is 0. The average Bonchev–Trinajstić information content (AvgIpc) is 2.20. The molecule has 1 aromatic rings. The molecule has 5 heteroatoms. The number of carbonyl (C=O) groups is 1. The van der Waals surface area contributed by atoms with E-state index in [1.54, 1.807) is 6.07 Å². The zero-order valence-electron chi connectivity index (χ0n) is 8.55. The summed E-state index contributed by atoms with van der Waals surface area (Å²) in [6.07, 6.45) is 2.22. The number of pyridine rings is 1. The van der Waals surface area contributed by atoms with Gasteiger partial charge in [-0.05, 0) is 12.5 Å². The third-order valence-electron chi connectivity index (χ3n) is 2.11. The lowest BCUT2D eigenvalue weighted by molar-refractivity contribution is -0.119. The molecule has 0 saturated heterocycles. The molecule has 0 aliphatic rings. The molecule has 0 radical (unpaired) electrons. The van der Waals surface area contributed by atoms with Crippen molar-refractivity contribution in [1.82, 2.24) is 4.98 Å². The fourth-order valence-corrected chi connectivity index (χ4v) is 1.36. The maximum absolute atomic E-state index is 11.5. The standard InChI is InChI=1S/C10H12Cl2N2O/c1-3-6(2)10(15)14-9-8(12)4-7(11)5-13-9/h4-6H,3H2,1-2H3,(H,13,14,15)/t6-/m1/s1. The predicted molar refractivity (Wildman–Crippen MR) is 62.3 cm³/mol. The highest BCUT2D eigenvalue weighted by atomic mass is 35.5. The Balaban J connectivity index is 2.77. The minimum Gasteiger partial charge on any atom is -0.309 e. The van der Waals surface area contributed by atoms with Gasteiger partial charge in [0.25, 0.3) is 0 Å². The minimum absolute atomic E-state index is 0.0569. The molecule has 1 aromatic heterocycles. The topological polar surface area (TPSA) is 42.0 Å². The van der Waals surface area contributed by atoms with Crippen molar-refractivity contribution >= 4 is 34.9 Å². The molecular weight excluding hydrogens is 235 g/mol. The quantitative estimate of drug-likeness (QED) is 0.889. The van der Waals surface area contributed by atoms with Crippen molar-refractivity contribution in [3.63, 3.8) is 0 Å². The van der Waals surface area contributed by atoms with Gasteiger partial charge in [-0.2, -0.15) is 0 Å². The molecule has 1 heterocycles. The maximum Gasteiger partial charge on any atom is 0.228 e. The van der Waals surface area contributed by atoms with E-state index in [4.69, 9.17) is 23.2 Å². The summed E-state index contributed by atoms with van der Waals surface area (Å²) in [4.78, 5) is 15.5. The molecule has 0 aromatic carbocycles. The third kappa shape index (κ3) is 3.36. The molecule has 15 heavy (non-hydrogen) atoms. The van der Waals surface area contributed by atoms with Gasteiger partial charge >= 0.3 is 0 Å². The van der Waals surface area contributed by atoms with Crippen LogP contribution in [0.1, 0.15) is 20.3 Å². The molecule has 0 aliphatic carbocycles. The molecular formula is C10H12Cl2N2O. The van der Waals surface area contributed by atoms with Crippen molar-refractivity contribution in [2.45, 2.75) is 20.3 Å². The molecule has 0 fully saturated rings. The molecule has 0 spiro atoms. The van der Waals surface area contributed by atoms with Crippen molar-refractivity contribution < 1.29 is 4.79 Å². The number of aromatic nitrogens is 1. The van der Waals surface area contributed by atoms with Crippen LogP contribution in [0.5, 0.6) is 0 Å². The first-order chi connectivity index (χ1) is 7.04. The van der Waals surface area contributed by atoms with E-state index >= 15 is 0 Å². The van der Waals surface area contributed by atoms with Crippen LogP contribution in [0.25, 0.3) is 0 Å². The average molecular weight is 247 g/mol. The van der Waals surface area contributed by atoms with Crippen LogP contribution in [-0.4, -0.2) is 10.9 Å². The summed E-state index contributed by atoms with van der Waals surface area (Å²) >= 11 is 11.5. The van der Waals surface area contributed by atoms with E-state index in [2.05, 4.69) is 10.3 Å². The summed E-state index contributed by atoms with van der Waals surface area (Å²) in [6.45, 7) is 3.79. The van der Waals surface area contributed by atoms with Gasteiger partial charge in [0.05, 0.1) is 10.0 Å². The van der Waals surface area contributed by atoms with Crippen LogP contribution in [-0.2, 0) is 4.79 Å². The Morgan fingerprint density at radius 1 is 1.60 bits per heavy atom. The van der Waals surface area contributed by atoms with Crippen LogP contribution in [0.2, 0.25) is 10.0 Å². The van der Waals surface area contributed by atoms with Crippen molar-refractivity contribution in [1.29, 1.82) is 0 Å². The predicted octanol–water partition coefficient (Wildman–Crippen LogP) is 3.37. The first kappa shape index (κ1) is 12.3. The van der Waals surface area contributed by atoms with Crippen molar-refractivity contribution in [2.24, 2.45) is 5.92 Å². The smallest absolute Gasteiger partial charge is 0.228 e. The van der Waals surface area contributed by atoms with Crippen LogP contribution in [0.4, 0.5) is 5.82 Å². The monoisotopic (exact) mass is 246 g/mol. The van der Waals surface area contributed by atoms with Crippen LogP contribution >= 0.6 is 23.2 Å². The van der Waals surface area contributed by atoms with Crippen LogP contribution in [0.15, 0.2) is 12.3 Å². The fraction of sp³-hybridized carbons (Fsp3) is 0.400. The van der Waals surface area contributed by atoms with E-state index in [1.807, 2.05) is 13.8 Å². The number of carbonyl (C=O) groups excluding carboxylic acids is 1. The highest BCUT2D eigenvalue weighted by Crippen LogP contribution is 2.23. The Morgan fingerprint density at radius 3 is 2.80 bits per heavy atom. The van der Waals surface area contributed by atoms with Gasteiger partial charge in [0, 0.05) is 12.1 Å². The summed E-state index contributed by atoms with van der Waals surface area (Å²) in [5.74, 6) is 0.208. The second kappa shape index (κ2) is 5.33. The van der Waals surface area contributed by atoms with Crippen LogP contribution in [0.3, 0.4) is 0 Å². The van der Waals surface area contributed by atoms with Gasteiger partial charge in [0.2, 0.25) is 5.91 Å². The Kier molecular flexibility index (Phi) is 4.36. The number of rotatable bonds is 3. The first-order valence-electron chi connectivity index (χ1n) is 4.66. The Morgan fingerprint density at radius 2 is 2.27 bits per heavy atom. The molecule has 82 valence electrons. The van der Waals surface area contributed by atoms with E-state index in [-0.39, 0.29) is 11.8 Å². The third-order valence-corrected chi connectivity index (χ3v) is 2.60. The summed E-state index contributed by atoms with van der Waals surface area (Å²) in [5, 5.41) is 3.44. The van der Waals surface area contributed by atoms with Gasteiger partial charge < -0.3 is 5.32 Å². The zero-order valence-corrected chi connectivity index (χ0v) is 10.1. The van der Waals surface area contributed by atoms with E-state index in [0.717, 1.165) is 6.42 Å². The summed E-state index contributed by atoms with van der Waals surface area (Å²) in [5.41, 5.74) is 0. The van der Waals surface area contributed by atoms with Crippen LogP contribution in [0, 0.1) is 5.92 Å². The normalized spacial score (nSPS) is 12.3.